The number of amides is 1. The van der Waals surface area contributed by atoms with Gasteiger partial charge in [-0.25, -0.2) is 9.18 Å². The molecule has 9 heteroatoms. The molecule has 2 aromatic rings. The molecule has 2 aliphatic rings. The maximum atomic E-state index is 15.3. The number of nitrogens with two attached hydrogens (primary N) is 1. The standard InChI is InChI=1S/C24H31FN4O4/c1-4-12(2)19(26)22(30)27-15-7-8-28(10-15)21-13(3)20-16(14-5-6-14)9-17(24(32)33)23(31)29(20)11-18(21)25/h9,11-12,14-15,19H,4-8,10,26H2,1-3H3,(H,27,30)(H,32,33)/t12?,15-,19-/m0/s1. The number of pyridine rings is 2. The van der Waals surface area contributed by atoms with E-state index in [1.807, 2.05) is 18.7 Å². The van der Waals surface area contributed by atoms with E-state index in [9.17, 15) is 19.5 Å². The van der Waals surface area contributed by atoms with Crippen LogP contribution in [-0.2, 0) is 4.79 Å². The van der Waals surface area contributed by atoms with Crippen LogP contribution in [0.3, 0.4) is 0 Å². The number of hydrogen-bond acceptors (Lipinski definition) is 5. The van der Waals surface area contributed by atoms with Crippen molar-refractivity contribution in [2.24, 2.45) is 11.7 Å². The number of halogens is 1. The fourth-order valence-corrected chi connectivity index (χ4v) is 4.78. The number of aryl methyl sites for hydroxylation is 1. The van der Waals surface area contributed by atoms with Gasteiger partial charge in [0, 0.05) is 19.1 Å². The van der Waals surface area contributed by atoms with Gasteiger partial charge in [-0.05, 0) is 55.2 Å². The van der Waals surface area contributed by atoms with Crippen molar-refractivity contribution in [1.29, 1.82) is 0 Å². The first-order chi connectivity index (χ1) is 15.6. The Morgan fingerprint density at radius 3 is 2.64 bits per heavy atom. The Morgan fingerprint density at radius 2 is 2.03 bits per heavy atom. The van der Waals surface area contributed by atoms with Crippen LogP contribution in [0.1, 0.15) is 66.9 Å². The van der Waals surface area contributed by atoms with Gasteiger partial charge in [-0.3, -0.25) is 14.0 Å². The molecule has 2 aromatic heterocycles. The summed E-state index contributed by atoms with van der Waals surface area (Å²) in [7, 11) is 0. The van der Waals surface area contributed by atoms with E-state index in [2.05, 4.69) is 5.32 Å². The van der Waals surface area contributed by atoms with Crippen LogP contribution in [0.15, 0.2) is 17.1 Å². The second-order valence-electron chi connectivity index (χ2n) is 9.42. The number of aromatic nitrogens is 1. The molecule has 2 fully saturated rings. The van der Waals surface area contributed by atoms with Crippen LogP contribution in [0.25, 0.3) is 5.52 Å². The number of carboxylic acid groups (broad SMARTS) is 1. The van der Waals surface area contributed by atoms with Crippen molar-refractivity contribution in [3.05, 3.63) is 45.1 Å². The largest absolute Gasteiger partial charge is 0.477 e. The van der Waals surface area contributed by atoms with E-state index in [-0.39, 0.29) is 29.3 Å². The number of carboxylic acids is 1. The lowest BCUT2D eigenvalue weighted by molar-refractivity contribution is -0.124. The van der Waals surface area contributed by atoms with Crippen LogP contribution in [0.2, 0.25) is 0 Å². The fraction of sp³-hybridized carbons (Fsp3) is 0.542. The van der Waals surface area contributed by atoms with Gasteiger partial charge in [-0.1, -0.05) is 20.3 Å². The van der Waals surface area contributed by atoms with Crippen molar-refractivity contribution in [2.75, 3.05) is 18.0 Å². The lowest BCUT2D eigenvalue weighted by Gasteiger charge is -2.25. The summed E-state index contributed by atoms with van der Waals surface area (Å²) in [4.78, 5) is 38.7. The molecule has 0 aromatic carbocycles. The molecule has 1 saturated heterocycles. The Balaban J connectivity index is 1.67. The second kappa shape index (κ2) is 8.78. The third-order valence-electron chi connectivity index (χ3n) is 7.10. The van der Waals surface area contributed by atoms with Crippen LogP contribution in [0, 0.1) is 18.7 Å². The van der Waals surface area contributed by atoms with Gasteiger partial charge in [0.1, 0.15) is 5.56 Å². The van der Waals surface area contributed by atoms with Crippen molar-refractivity contribution in [3.63, 3.8) is 0 Å². The monoisotopic (exact) mass is 458 g/mol. The van der Waals surface area contributed by atoms with Gasteiger partial charge in [0.2, 0.25) is 5.91 Å². The normalized spacial score (nSPS) is 20.2. The summed E-state index contributed by atoms with van der Waals surface area (Å²) in [6.07, 6.45) is 4.38. The highest BCUT2D eigenvalue weighted by atomic mass is 19.1. The van der Waals surface area contributed by atoms with Crippen LogP contribution in [-0.4, -0.2) is 46.6 Å². The number of nitrogens with one attached hydrogen (secondary N) is 1. The van der Waals surface area contributed by atoms with E-state index in [1.54, 1.807) is 6.92 Å². The van der Waals surface area contributed by atoms with Gasteiger partial charge >= 0.3 is 5.97 Å². The topological polar surface area (TPSA) is 117 Å². The molecule has 1 unspecified atom stereocenters. The summed E-state index contributed by atoms with van der Waals surface area (Å²) in [5.74, 6) is -1.86. The predicted octanol–water partition coefficient (Wildman–Crippen LogP) is 2.39. The molecule has 0 bridgehead atoms. The molecule has 4 N–H and O–H groups in total. The molecule has 0 radical (unpaired) electrons. The Labute approximate surface area is 191 Å². The minimum atomic E-state index is -1.31. The van der Waals surface area contributed by atoms with Gasteiger partial charge in [0.05, 0.1) is 23.4 Å². The Bertz CT molecular complexity index is 1170. The van der Waals surface area contributed by atoms with Crippen LogP contribution in [0.5, 0.6) is 0 Å². The molecular weight excluding hydrogens is 427 g/mol. The van der Waals surface area contributed by atoms with E-state index in [0.717, 1.165) is 35.4 Å². The molecule has 178 valence electrons. The molecule has 3 atom stereocenters. The molecule has 1 aliphatic carbocycles. The van der Waals surface area contributed by atoms with Crippen LogP contribution >= 0.6 is 0 Å². The first-order valence-corrected chi connectivity index (χ1v) is 11.6. The van der Waals surface area contributed by atoms with Crippen molar-refractivity contribution < 1.29 is 19.1 Å². The summed E-state index contributed by atoms with van der Waals surface area (Å²) in [5, 5.41) is 12.4. The van der Waals surface area contributed by atoms with Gasteiger partial charge in [0.15, 0.2) is 5.82 Å². The number of fused-ring (bicyclic) bond motifs is 1. The number of aromatic carboxylic acids is 1. The number of rotatable bonds is 7. The Morgan fingerprint density at radius 1 is 1.33 bits per heavy atom. The molecule has 8 nitrogen and oxygen atoms in total. The van der Waals surface area contributed by atoms with Gasteiger partial charge < -0.3 is 21.1 Å². The third-order valence-corrected chi connectivity index (χ3v) is 7.10. The van der Waals surface area contributed by atoms with Crippen molar-refractivity contribution >= 4 is 23.1 Å². The summed E-state index contributed by atoms with van der Waals surface area (Å²) >= 11 is 0. The molecule has 33 heavy (non-hydrogen) atoms. The zero-order valence-corrected chi connectivity index (χ0v) is 19.2. The Kier molecular flexibility index (Phi) is 6.18. The number of hydrogen-bond donors (Lipinski definition) is 3. The van der Waals surface area contributed by atoms with Gasteiger partial charge in [-0.2, -0.15) is 0 Å². The number of anilines is 1. The average Bonchev–Trinajstić information content (AvgIpc) is 3.52. The maximum Gasteiger partial charge on any atom is 0.341 e. The van der Waals surface area contributed by atoms with Crippen molar-refractivity contribution in [1.82, 2.24) is 9.72 Å². The van der Waals surface area contributed by atoms with Crippen molar-refractivity contribution in [2.45, 2.75) is 64.5 Å². The van der Waals surface area contributed by atoms with E-state index < -0.39 is 23.4 Å². The molecule has 1 amide bonds. The first kappa shape index (κ1) is 23.2. The summed E-state index contributed by atoms with van der Waals surface area (Å²) in [6.45, 7) is 6.68. The summed E-state index contributed by atoms with van der Waals surface area (Å²) < 4.78 is 16.5. The highest BCUT2D eigenvalue weighted by Gasteiger charge is 2.33. The quantitative estimate of drug-likeness (QED) is 0.587. The SMILES string of the molecule is CCC(C)[C@H](N)C(=O)N[C@H]1CCN(c2c(F)cn3c(=O)c(C(=O)O)cc(C4CC4)c3c2C)C1. The first-order valence-electron chi connectivity index (χ1n) is 11.6. The van der Waals surface area contributed by atoms with E-state index in [4.69, 9.17) is 5.73 Å². The number of carbonyl (C=O) groups is 2. The van der Waals surface area contributed by atoms with Crippen LogP contribution in [0.4, 0.5) is 10.1 Å². The molecule has 3 heterocycles. The highest BCUT2D eigenvalue weighted by molar-refractivity contribution is 5.89. The minimum absolute atomic E-state index is 0.0672. The fourth-order valence-electron chi connectivity index (χ4n) is 4.78. The predicted molar refractivity (Wildman–Crippen MR) is 123 cm³/mol. The highest BCUT2D eigenvalue weighted by Crippen LogP contribution is 2.44. The third kappa shape index (κ3) is 4.21. The average molecular weight is 459 g/mol. The minimum Gasteiger partial charge on any atom is -0.477 e. The lowest BCUT2D eigenvalue weighted by Crippen LogP contribution is -2.49. The molecule has 0 spiro atoms. The zero-order chi connectivity index (χ0) is 24.0. The van der Waals surface area contributed by atoms with Gasteiger partial charge in [-0.15, -0.1) is 0 Å². The number of nitrogens with zero attached hydrogens (tertiary/aromatic N) is 2. The summed E-state index contributed by atoms with van der Waals surface area (Å²) in [6, 6.07) is 0.719. The molecular formula is C24H31FN4O4. The van der Waals surface area contributed by atoms with Gasteiger partial charge in [0.25, 0.3) is 5.56 Å². The van der Waals surface area contributed by atoms with Crippen molar-refractivity contribution in [3.8, 4) is 0 Å². The number of carbonyl (C=O) groups excluding carboxylic acids is 1. The smallest absolute Gasteiger partial charge is 0.341 e. The van der Waals surface area contributed by atoms with E-state index >= 15 is 4.39 Å². The second-order valence-corrected chi connectivity index (χ2v) is 9.42. The lowest BCUT2D eigenvalue weighted by atomic mass is 9.99. The summed E-state index contributed by atoms with van der Waals surface area (Å²) in [5.41, 5.74) is 7.31. The molecule has 1 saturated carbocycles. The molecule has 4 rings (SSSR count). The Hall–Kier alpha value is -2.94. The zero-order valence-electron chi connectivity index (χ0n) is 19.2. The maximum absolute atomic E-state index is 15.3. The van der Waals surface area contributed by atoms with Crippen LogP contribution < -0.4 is 21.5 Å². The van der Waals surface area contributed by atoms with E-state index in [1.165, 1.54) is 6.07 Å². The van der Waals surface area contributed by atoms with E-state index in [0.29, 0.717) is 36.3 Å². The molecule has 1 aliphatic heterocycles.